The smallest absolute Gasteiger partial charge is 0.247 e. The molecule has 5 aliphatic carbocycles. The van der Waals surface area contributed by atoms with Crippen LogP contribution in [0.25, 0.3) is 0 Å². The molecule has 3 unspecified atom stereocenters. The van der Waals surface area contributed by atoms with E-state index in [-0.39, 0.29) is 43.4 Å². The first-order valence-electron chi connectivity index (χ1n) is 15.6. The molecule has 4 fully saturated rings. The number of hydrogen-bond acceptors (Lipinski definition) is 7. The molecular weight excluding hydrogens is 663 g/mol. The summed E-state index contributed by atoms with van der Waals surface area (Å²) in [7, 11) is 1.51. The van der Waals surface area contributed by atoms with Crippen molar-refractivity contribution < 1.29 is 34.4 Å². The third-order valence-electron chi connectivity index (χ3n) is 9.79. The van der Waals surface area contributed by atoms with E-state index in [1.807, 2.05) is 17.9 Å². The van der Waals surface area contributed by atoms with Gasteiger partial charge in [0.2, 0.25) is 11.8 Å². The molecule has 9 nitrogen and oxygen atoms in total. The van der Waals surface area contributed by atoms with Crippen LogP contribution in [0.15, 0.2) is 35.9 Å². The second-order valence-corrected chi connectivity index (χ2v) is 14.1. The Hall–Kier alpha value is -2.15. The number of carbonyl (C=O) groups excluding carboxylic acids is 2. The van der Waals surface area contributed by atoms with Gasteiger partial charge in [0, 0.05) is 25.1 Å². The lowest BCUT2D eigenvalue weighted by Crippen LogP contribution is -2.59. The van der Waals surface area contributed by atoms with Gasteiger partial charge in [0.15, 0.2) is 11.5 Å². The van der Waals surface area contributed by atoms with Gasteiger partial charge in [-0.2, -0.15) is 0 Å². The summed E-state index contributed by atoms with van der Waals surface area (Å²) >= 11 is 2.10. The van der Waals surface area contributed by atoms with Gasteiger partial charge in [0.25, 0.3) is 0 Å². The highest BCUT2D eigenvalue weighted by atomic mass is 127. The lowest BCUT2D eigenvalue weighted by Gasteiger charge is -2.58. The standard InChI is InChI=1S/C33H45IN2O7/c1-3-4-5-29(39)36(19-33-15-20-8-21(16-33)10-22(9-20)17-33)26-13-24(32(41)35-6-7-37)14-27(30(26)40)43-31-25(34)11-23(18-38)12-28(31)42-2/h4-5,11-12,14,20-22,26-27,30,37-38,40H,3,6-10,13,15-19H2,1-2H3,(H,35,41). The monoisotopic (exact) mass is 708 g/mol. The first-order valence-corrected chi connectivity index (χ1v) is 16.7. The Morgan fingerprint density at radius 1 is 1.14 bits per heavy atom. The summed E-state index contributed by atoms with van der Waals surface area (Å²) in [5.74, 6) is 2.40. The molecule has 43 heavy (non-hydrogen) atoms. The van der Waals surface area contributed by atoms with Crippen molar-refractivity contribution in [3.63, 3.8) is 0 Å². The number of ether oxygens (including phenoxy) is 2. The van der Waals surface area contributed by atoms with Crippen molar-refractivity contribution >= 4 is 34.4 Å². The summed E-state index contributed by atoms with van der Waals surface area (Å²) in [5.41, 5.74) is 1.09. The van der Waals surface area contributed by atoms with Gasteiger partial charge in [-0.3, -0.25) is 9.59 Å². The van der Waals surface area contributed by atoms with Crippen molar-refractivity contribution in [1.82, 2.24) is 10.2 Å². The van der Waals surface area contributed by atoms with Gasteiger partial charge < -0.3 is 35.0 Å². The van der Waals surface area contributed by atoms with Crippen LogP contribution in [-0.2, 0) is 16.2 Å². The molecule has 4 N–H and O–H groups in total. The molecular formula is C33H45IN2O7. The molecule has 1 aromatic rings. The number of carbonyl (C=O) groups is 2. The van der Waals surface area contributed by atoms with Gasteiger partial charge in [-0.15, -0.1) is 0 Å². The average Bonchev–Trinajstić information content (AvgIpc) is 2.98. The number of halogens is 1. The van der Waals surface area contributed by atoms with E-state index in [2.05, 4.69) is 27.9 Å². The van der Waals surface area contributed by atoms with Crippen LogP contribution in [0.1, 0.15) is 63.9 Å². The Morgan fingerprint density at radius 2 is 1.81 bits per heavy atom. The van der Waals surface area contributed by atoms with Crippen LogP contribution in [-0.4, -0.2) is 77.1 Å². The third kappa shape index (κ3) is 7.07. The molecule has 236 valence electrons. The van der Waals surface area contributed by atoms with Crippen molar-refractivity contribution in [1.29, 1.82) is 0 Å². The van der Waals surface area contributed by atoms with E-state index in [0.717, 1.165) is 19.3 Å². The number of benzene rings is 1. The number of methoxy groups -OCH3 is 1. The molecule has 0 saturated heterocycles. The molecule has 0 heterocycles. The van der Waals surface area contributed by atoms with E-state index in [4.69, 9.17) is 9.47 Å². The summed E-state index contributed by atoms with van der Waals surface area (Å²) in [6.07, 6.45) is 11.1. The summed E-state index contributed by atoms with van der Waals surface area (Å²) in [6, 6.07) is 2.77. The number of nitrogens with zero attached hydrogens (tertiary/aromatic N) is 1. The zero-order valence-electron chi connectivity index (χ0n) is 25.1. The van der Waals surface area contributed by atoms with E-state index in [0.29, 0.717) is 56.9 Å². The largest absolute Gasteiger partial charge is 0.493 e. The highest BCUT2D eigenvalue weighted by molar-refractivity contribution is 14.1. The Kier molecular flexibility index (Phi) is 10.4. The second kappa shape index (κ2) is 13.9. The third-order valence-corrected chi connectivity index (χ3v) is 10.6. The Bertz CT molecular complexity index is 1210. The van der Waals surface area contributed by atoms with E-state index in [9.17, 15) is 24.9 Å². The number of allylic oxidation sites excluding steroid dienone is 1. The average molecular weight is 709 g/mol. The van der Waals surface area contributed by atoms with Crippen LogP contribution in [0.4, 0.5) is 0 Å². The minimum absolute atomic E-state index is 0.0275. The van der Waals surface area contributed by atoms with E-state index < -0.39 is 18.2 Å². The van der Waals surface area contributed by atoms with E-state index in [1.54, 1.807) is 24.3 Å². The maximum atomic E-state index is 13.9. The van der Waals surface area contributed by atoms with Crippen LogP contribution in [0, 0.1) is 26.7 Å². The molecule has 3 atom stereocenters. The lowest BCUT2D eigenvalue weighted by atomic mass is 9.49. The fourth-order valence-corrected chi connectivity index (χ4v) is 9.21. The summed E-state index contributed by atoms with van der Waals surface area (Å²) in [5, 5.41) is 33.7. The number of amides is 2. The van der Waals surface area contributed by atoms with Crippen LogP contribution >= 0.6 is 22.6 Å². The maximum Gasteiger partial charge on any atom is 0.247 e. The van der Waals surface area contributed by atoms with Gasteiger partial charge in [0.05, 0.1) is 29.9 Å². The normalized spacial score (nSPS) is 31.2. The van der Waals surface area contributed by atoms with Gasteiger partial charge in [-0.05, 0) is 121 Å². The van der Waals surface area contributed by atoms with Crippen molar-refractivity contribution in [2.24, 2.45) is 23.2 Å². The molecule has 6 rings (SSSR count). The van der Waals surface area contributed by atoms with Crippen LogP contribution < -0.4 is 14.8 Å². The molecule has 4 saturated carbocycles. The molecule has 2 amide bonds. The van der Waals surface area contributed by atoms with Crippen molar-refractivity contribution in [3.8, 4) is 11.5 Å². The second-order valence-electron chi connectivity index (χ2n) is 13.0. The first kappa shape index (κ1) is 32.2. The molecule has 0 aromatic heterocycles. The van der Waals surface area contributed by atoms with Crippen LogP contribution in [0.5, 0.6) is 11.5 Å². The fourth-order valence-electron chi connectivity index (χ4n) is 8.41. The topological polar surface area (TPSA) is 129 Å². The quantitative estimate of drug-likeness (QED) is 0.193. The molecule has 5 aliphatic rings. The number of hydrogen-bond donors (Lipinski definition) is 4. The van der Waals surface area contributed by atoms with Crippen molar-refractivity contribution in [2.75, 3.05) is 26.8 Å². The zero-order chi connectivity index (χ0) is 30.7. The predicted octanol–water partition coefficient (Wildman–Crippen LogP) is 3.72. The van der Waals surface area contributed by atoms with Crippen molar-refractivity contribution in [3.05, 3.63) is 45.1 Å². The predicted molar refractivity (Wildman–Crippen MR) is 170 cm³/mol. The minimum Gasteiger partial charge on any atom is -0.493 e. The fraction of sp³-hybridized carbons (Fsp3) is 0.636. The minimum atomic E-state index is -1.11. The molecule has 0 radical (unpaired) electrons. The van der Waals surface area contributed by atoms with E-state index >= 15 is 0 Å². The Morgan fingerprint density at radius 3 is 2.40 bits per heavy atom. The summed E-state index contributed by atoms with van der Waals surface area (Å²) in [6.45, 7) is 2.27. The van der Waals surface area contributed by atoms with Crippen LogP contribution in [0.3, 0.4) is 0 Å². The number of aliphatic hydroxyl groups is 3. The number of rotatable bonds is 12. The summed E-state index contributed by atoms with van der Waals surface area (Å²) in [4.78, 5) is 29.0. The molecule has 4 bridgehead atoms. The highest BCUT2D eigenvalue weighted by Gasteiger charge is 2.53. The molecule has 0 aliphatic heterocycles. The van der Waals surface area contributed by atoms with Crippen molar-refractivity contribution in [2.45, 2.75) is 83.1 Å². The Labute approximate surface area is 267 Å². The van der Waals surface area contributed by atoms with Gasteiger partial charge >= 0.3 is 0 Å². The number of aliphatic hydroxyl groups excluding tert-OH is 3. The van der Waals surface area contributed by atoms with E-state index in [1.165, 1.54) is 26.4 Å². The SMILES string of the molecule is CCC=CC(=O)N(CC12CC3CC(CC(C3)C1)C2)C1CC(C(=O)NCCO)=CC(Oc2c(I)cc(CO)cc2OC)C1O. The molecule has 1 aromatic carbocycles. The van der Waals surface area contributed by atoms with Gasteiger partial charge in [-0.1, -0.05) is 13.0 Å². The van der Waals surface area contributed by atoms with Crippen LogP contribution in [0.2, 0.25) is 0 Å². The zero-order valence-corrected chi connectivity index (χ0v) is 27.3. The highest BCUT2D eigenvalue weighted by Crippen LogP contribution is 2.60. The summed E-state index contributed by atoms with van der Waals surface area (Å²) < 4.78 is 12.7. The first-order chi connectivity index (χ1) is 20.7. The Balaban J connectivity index is 1.50. The lowest BCUT2D eigenvalue weighted by molar-refractivity contribution is -0.142. The maximum absolute atomic E-state index is 13.9. The van der Waals surface area contributed by atoms with Gasteiger partial charge in [0.1, 0.15) is 12.2 Å². The molecule has 0 spiro atoms. The molecule has 10 heteroatoms. The van der Waals surface area contributed by atoms with Gasteiger partial charge in [-0.25, -0.2) is 0 Å². The number of nitrogens with one attached hydrogen (secondary N) is 1.